The van der Waals surface area contributed by atoms with Crippen molar-refractivity contribution in [1.82, 2.24) is 30.7 Å². The van der Waals surface area contributed by atoms with Gasteiger partial charge < -0.3 is 20.2 Å². The Morgan fingerprint density at radius 1 is 0.831 bits per heavy atom. The summed E-state index contributed by atoms with van der Waals surface area (Å²) in [6, 6.07) is 28.5. The first-order chi connectivity index (χ1) is 31.3. The number of fused-ring (bicyclic) bond motifs is 1. The van der Waals surface area contributed by atoms with Gasteiger partial charge in [-0.05, 0) is 129 Å². The quantitative estimate of drug-likeness (QED) is 0.102. The van der Waals surface area contributed by atoms with Crippen molar-refractivity contribution in [3.05, 3.63) is 125 Å². The summed E-state index contributed by atoms with van der Waals surface area (Å²) >= 11 is 0. The molecule has 2 aromatic heterocycles. The van der Waals surface area contributed by atoms with Crippen molar-refractivity contribution in [2.24, 2.45) is 5.92 Å². The number of piperazine rings is 1. The van der Waals surface area contributed by atoms with Crippen LogP contribution in [0.25, 0.3) is 33.4 Å². The number of imide groups is 1. The zero-order valence-corrected chi connectivity index (χ0v) is 37.4. The van der Waals surface area contributed by atoms with Gasteiger partial charge in [0.05, 0.1) is 22.9 Å². The second-order valence-corrected chi connectivity index (χ2v) is 18.3. The zero-order chi connectivity index (χ0) is 45.4. The van der Waals surface area contributed by atoms with E-state index in [9.17, 15) is 23.9 Å². The van der Waals surface area contributed by atoms with Gasteiger partial charge in [0.1, 0.15) is 5.82 Å². The van der Waals surface area contributed by atoms with E-state index < -0.39 is 17.3 Å². The minimum atomic E-state index is -1.22. The first-order valence-electron chi connectivity index (χ1n) is 22.6. The van der Waals surface area contributed by atoms with E-state index in [-0.39, 0.29) is 23.5 Å². The minimum Gasteiger partial charge on any atom is -0.386 e. The fourth-order valence-corrected chi connectivity index (χ4v) is 9.47. The molecule has 6 aromatic rings. The molecule has 3 fully saturated rings. The number of aromatic nitrogens is 3. The van der Waals surface area contributed by atoms with Crippen LogP contribution in [-0.2, 0) is 10.4 Å². The molecule has 4 aromatic carbocycles. The van der Waals surface area contributed by atoms with Gasteiger partial charge in [-0.2, -0.15) is 5.10 Å². The van der Waals surface area contributed by atoms with E-state index in [1.807, 2.05) is 44.3 Å². The third-order valence-electron chi connectivity index (χ3n) is 13.4. The van der Waals surface area contributed by atoms with Crippen LogP contribution in [0.2, 0.25) is 0 Å². The van der Waals surface area contributed by atoms with Crippen LogP contribution >= 0.6 is 0 Å². The molecule has 13 nitrogen and oxygen atoms in total. The molecule has 0 aliphatic carbocycles. The number of halogens is 1. The lowest BCUT2D eigenvalue weighted by Gasteiger charge is -2.40. The highest BCUT2D eigenvalue weighted by atomic mass is 19.1. The first-order valence-corrected chi connectivity index (χ1v) is 22.6. The van der Waals surface area contributed by atoms with Crippen LogP contribution in [0.4, 0.5) is 26.2 Å². The second-order valence-electron chi connectivity index (χ2n) is 18.3. The summed E-state index contributed by atoms with van der Waals surface area (Å²) in [5, 5.41) is 24.2. The number of H-pyrrole nitrogens is 1. The first kappa shape index (κ1) is 43.6. The number of pyridine rings is 1. The van der Waals surface area contributed by atoms with Gasteiger partial charge in [-0.25, -0.2) is 14.2 Å². The van der Waals surface area contributed by atoms with Crippen LogP contribution in [0.3, 0.4) is 0 Å². The van der Waals surface area contributed by atoms with Crippen molar-refractivity contribution in [3.8, 4) is 22.4 Å². The Bertz CT molecular complexity index is 2720. The lowest BCUT2D eigenvalue weighted by molar-refractivity contribution is -0.120. The molecule has 0 spiro atoms. The van der Waals surface area contributed by atoms with Gasteiger partial charge >= 0.3 is 6.03 Å². The Hall–Kier alpha value is -6.64. The fraction of sp³-hybridized carbons (Fsp3) is 0.353. The Labute approximate surface area is 378 Å². The molecule has 0 bridgehead atoms. The third-order valence-corrected chi connectivity index (χ3v) is 13.4. The summed E-state index contributed by atoms with van der Waals surface area (Å²) in [5.74, 6) is -0.756. The summed E-state index contributed by atoms with van der Waals surface area (Å²) < 4.78 is 14.9. The number of carbonyl (C=O) groups is 3. The molecule has 3 aliphatic rings. The normalized spacial score (nSPS) is 17.1. The van der Waals surface area contributed by atoms with Crippen LogP contribution in [0, 0.1) is 18.7 Å². The number of carbonyl (C=O) groups excluding carboxylic acids is 3. The summed E-state index contributed by atoms with van der Waals surface area (Å²) in [6.07, 6.45) is 4.49. The number of aromatic amines is 1. The Morgan fingerprint density at radius 2 is 1.49 bits per heavy atom. The molecule has 0 radical (unpaired) electrons. The van der Waals surface area contributed by atoms with Gasteiger partial charge in [-0.1, -0.05) is 30.3 Å². The maximum absolute atomic E-state index is 14.9. The van der Waals surface area contributed by atoms with E-state index >= 15 is 0 Å². The van der Waals surface area contributed by atoms with Gasteiger partial charge in [0.25, 0.3) is 5.91 Å². The molecule has 65 heavy (non-hydrogen) atoms. The molecule has 14 heteroatoms. The van der Waals surface area contributed by atoms with Gasteiger partial charge in [0.15, 0.2) is 5.65 Å². The highest BCUT2D eigenvalue weighted by Gasteiger charge is 2.27. The largest absolute Gasteiger partial charge is 0.386 e. The molecule has 3 aliphatic heterocycles. The molecule has 3 saturated heterocycles. The number of aliphatic hydroxyl groups is 1. The number of piperidine rings is 1. The number of anilines is 3. The fourth-order valence-electron chi connectivity index (χ4n) is 9.47. The maximum Gasteiger partial charge on any atom is 0.328 e. The van der Waals surface area contributed by atoms with Crippen molar-refractivity contribution >= 4 is 45.9 Å². The van der Waals surface area contributed by atoms with Gasteiger partial charge in [-0.15, -0.1) is 0 Å². The summed E-state index contributed by atoms with van der Waals surface area (Å²) in [6.45, 7) is 14.6. The second kappa shape index (κ2) is 18.1. The van der Waals surface area contributed by atoms with E-state index in [2.05, 4.69) is 84.1 Å². The number of urea groups is 1. The number of rotatable bonds is 11. The molecule has 336 valence electrons. The van der Waals surface area contributed by atoms with E-state index in [0.29, 0.717) is 30.1 Å². The van der Waals surface area contributed by atoms with Crippen molar-refractivity contribution in [1.29, 1.82) is 0 Å². The number of benzene rings is 4. The minimum absolute atomic E-state index is 0.0744. The van der Waals surface area contributed by atoms with E-state index in [1.54, 1.807) is 24.8 Å². The van der Waals surface area contributed by atoms with Crippen LogP contribution in [0.15, 0.2) is 97.2 Å². The number of nitrogens with zero attached hydrogens (tertiary/aromatic N) is 6. The van der Waals surface area contributed by atoms with Crippen molar-refractivity contribution < 1.29 is 23.9 Å². The number of amides is 4. The predicted octanol–water partition coefficient (Wildman–Crippen LogP) is 7.94. The molecule has 1 atom stereocenters. The average molecular weight is 878 g/mol. The molecule has 9 rings (SSSR count). The standard InChI is InChI=1S/C51H56FN9O4/c1-32-27-36(7-15-42(32)33(2)54-49(63)43-16-8-38(29-45(43)52)51(3,4)65)47-44-28-37(30-53-48(44)57-56-47)35-5-9-39(10-6-35)60-25-23-58(24-26-60)31-34-17-20-59(21-18-34)40-11-13-41(14-12-40)61-22-19-46(62)55-50(61)64/h5-16,27-30,33-34,65H,17-26,31H2,1-4H3,(H,54,63)(H,53,56,57)(H,55,62,64). The van der Waals surface area contributed by atoms with Crippen LogP contribution in [-0.4, -0.2) is 95.4 Å². The van der Waals surface area contributed by atoms with Gasteiger partial charge in [-0.3, -0.25) is 29.8 Å². The smallest absolute Gasteiger partial charge is 0.328 e. The molecular formula is C51H56FN9O4. The molecule has 5 heterocycles. The maximum atomic E-state index is 14.9. The van der Waals surface area contributed by atoms with E-state index in [0.717, 1.165) is 103 Å². The van der Waals surface area contributed by atoms with Crippen molar-refractivity contribution in [3.63, 3.8) is 0 Å². The summed E-state index contributed by atoms with van der Waals surface area (Å²) in [4.78, 5) is 50.7. The van der Waals surface area contributed by atoms with Gasteiger partial charge in [0.2, 0.25) is 5.91 Å². The lowest BCUT2D eigenvalue weighted by atomic mass is 9.95. The summed E-state index contributed by atoms with van der Waals surface area (Å²) in [5.41, 5.74) is 8.67. The Morgan fingerprint density at radius 3 is 2.15 bits per heavy atom. The van der Waals surface area contributed by atoms with Crippen molar-refractivity contribution in [2.45, 2.75) is 58.6 Å². The Kier molecular flexibility index (Phi) is 12.1. The predicted molar refractivity (Wildman–Crippen MR) is 253 cm³/mol. The molecular weight excluding hydrogens is 822 g/mol. The number of aryl methyl sites for hydroxylation is 1. The van der Waals surface area contributed by atoms with Crippen LogP contribution in [0.1, 0.15) is 73.1 Å². The molecule has 1 unspecified atom stereocenters. The summed E-state index contributed by atoms with van der Waals surface area (Å²) in [7, 11) is 0. The highest BCUT2D eigenvalue weighted by molar-refractivity contribution is 6.05. The van der Waals surface area contributed by atoms with Crippen LogP contribution < -0.4 is 25.3 Å². The topological polar surface area (TPSA) is 150 Å². The molecule has 4 N–H and O–H groups in total. The SMILES string of the molecule is Cc1cc(-c2[nH]nc3ncc(-c4ccc(N5CCN(CC6CCN(c7ccc(N8CCC(=O)NC8=O)cc7)CC6)CC5)cc4)cc23)ccc1C(C)NC(=O)c1ccc(C(C)(C)O)cc1F. The molecule has 4 amide bonds. The molecule has 0 saturated carbocycles. The van der Waals surface area contributed by atoms with E-state index in [4.69, 9.17) is 4.98 Å². The zero-order valence-electron chi connectivity index (χ0n) is 37.4. The highest BCUT2D eigenvalue weighted by Crippen LogP contribution is 2.33. The average Bonchev–Trinajstić information content (AvgIpc) is 3.73. The monoisotopic (exact) mass is 877 g/mol. The third kappa shape index (κ3) is 9.45. The number of nitrogens with one attached hydrogen (secondary N) is 3. The number of hydrogen-bond donors (Lipinski definition) is 4. The van der Waals surface area contributed by atoms with Crippen molar-refractivity contribution in [2.75, 3.05) is 67.1 Å². The lowest BCUT2D eigenvalue weighted by Crippen LogP contribution is -2.49. The Balaban J connectivity index is 0.771. The van der Waals surface area contributed by atoms with E-state index in [1.165, 1.54) is 23.5 Å². The number of hydrogen-bond acceptors (Lipinski definition) is 9. The van der Waals surface area contributed by atoms with Crippen LogP contribution in [0.5, 0.6) is 0 Å². The van der Waals surface area contributed by atoms with Gasteiger partial charge in [0, 0.05) is 98.6 Å².